The van der Waals surface area contributed by atoms with Crippen LogP contribution >= 0.6 is 59.4 Å². The van der Waals surface area contributed by atoms with Crippen LogP contribution in [0.2, 0.25) is 5.15 Å². The molecule has 15 aromatic rings. The molecule has 108 heavy (non-hydrogen) atoms. The van der Waals surface area contributed by atoms with E-state index in [1.165, 1.54) is 24.8 Å². The van der Waals surface area contributed by atoms with Gasteiger partial charge in [0.15, 0.2) is 34.5 Å². The van der Waals surface area contributed by atoms with Gasteiger partial charge in [-0.3, -0.25) is 9.97 Å². The molecule has 536 valence electrons. The van der Waals surface area contributed by atoms with Crippen molar-refractivity contribution in [3.8, 4) is 127 Å². The topological polar surface area (TPSA) is 489 Å². The minimum atomic E-state index is -1.18. The molecule has 33 nitrogen and oxygen atoms in total. The monoisotopic (exact) mass is 1650 g/mol. The number of pyridine rings is 2. The van der Waals surface area contributed by atoms with Crippen molar-refractivity contribution in [3.05, 3.63) is 224 Å². The molecular formula is C71H53Br3ClN27O6. The van der Waals surface area contributed by atoms with Crippen LogP contribution in [0.1, 0.15) is 33.0 Å². The first-order valence-electron chi connectivity index (χ1n) is 31.5. The summed E-state index contributed by atoms with van der Waals surface area (Å²) in [6, 6.07) is 45.5. The molecule has 0 aliphatic rings. The van der Waals surface area contributed by atoms with Gasteiger partial charge in [0.25, 0.3) is 23.6 Å². The van der Waals surface area contributed by atoms with Gasteiger partial charge in [-0.2, -0.15) is 10.5 Å². The molecule has 0 saturated carbocycles. The van der Waals surface area contributed by atoms with Gasteiger partial charge in [-0.05, 0) is 136 Å². The fraction of sp³-hybridized carbons (Fsp3) is 0.0845. The molecule has 8 N–H and O–H groups in total. The molecule has 0 radical (unpaired) electrons. The summed E-state index contributed by atoms with van der Waals surface area (Å²) in [7, 11) is 3.95. The minimum absolute atomic E-state index is 0.0827. The summed E-state index contributed by atoms with van der Waals surface area (Å²) in [5.41, 5.74) is 25.7. The number of nitrogens with one attached hydrogen (secondary N) is 1. The number of aryl methyl sites for hydroxylation is 2. The molecule has 37 heteroatoms. The Morgan fingerprint density at radius 1 is 0.463 bits per heavy atom. The first-order chi connectivity index (χ1) is 52.3. The van der Waals surface area contributed by atoms with E-state index in [4.69, 9.17) is 51.6 Å². The van der Waals surface area contributed by atoms with Crippen molar-refractivity contribution in [3.63, 3.8) is 0 Å². The molecule has 11 heterocycles. The lowest BCUT2D eigenvalue weighted by molar-refractivity contribution is 0.0691. The first kappa shape index (κ1) is 75.6. The number of nitriles is 2. The number of carboxylic acids is 1. The maximum atomic E-state index is 10.4. The molecule has 0 aliphatic carbocycles. The third kappa shape index (κ3) is 19.1. The van der Waals surface area contributed by atoms with Crippen molar-refractivity contribution in [2.24, 2.45) is 0 Å². The number of halogens is 4. The maximum Gasteiger partial charge on any atom is 0.358 e. The van der Waals surface area contributed by atoms with Crippen molar-refractivity contribution in [1.82, 2.24) is 105 Å². The average molecular weight is 1660 g/mol. The second-order valence-electron chi connectivity index (χ2n) is 22.1. The highest BCUT2D eigenvalue weighted by molar-refractivity contribution is 9.11. The summed E-state index contributed by atoms with van der Waals surface area (Å²) < 4.78 is 24.3. The summed E-state index contributed by atoms with van der Waals surface area (Å²) in [5, 5.41) is 63.3. The van der Waals surface area contributed by atoms with Gasteiger partial charge in [-0.25, -0.2) is 54.6 Å². The molecule has 0 fully saturated rings. The summed E-state index contributed by atoms with van der Waals surface area (Å²) in [4.78, 5) is 62.2. The Morgan fingerprint density at radius 3 is 1.26 bits per heavy atom. The van der Waals surface area contributed by atoms with Gasteiger partial charge in [-0.15, -0.1) is 40.8 Å². The van der Waals surface area contributed by atoms with Crippen molar-refractivity contribution in [2.75, 3.05) is 49.7 Å². The van der Waals surface area contributed by atoms with E-state index in [1.54, 1.807) is 37.6 Å². The van der Waals surface area contributed by atoms with E-state index in [0.717, 1.165) is 34.5 Å². The Kier molecular flexibility index (Phi) is 25.1. The van der Waals surface area contributed by atoms with Gasteiger partial charge in [0, 0.05) is 58.9 Å². The number of nitrogens with two attached hydrogens (primary N) is 3. The highest BCUT2D eigenvalue weighted by Gasteiger charge is 2.23. The molecule has 0 atom stereocenters. The summed E-state index contributed by atoms with van der Waals surface area (Å²) in [6.45, 7) is 5.08. The number of rotatable bonds is 15. The lowest BCUT2D eigenvalue weighted by Gasteiger charge is -2.13. The number of benzene rings is 4. The third-order valence-corrected chi connectivity index (χ3v) is 15.9. The zero-order valence-electron chi connectivity index (χ0n) is 56.7. The molecular weight excluding hydrogens is 1600 g/mol. The molecule has 0 amide bonds. The summed E-state index contributed by atoms with van der Waals surface area (Å²) in [5.74, 6) is 2.23. The van der Waals surface area contributed by atoms with Crippen LogP contribution in [-0.2, 0) is 0 Å². The maximum absolute atomic E-state index is 10.4. The molecule has 15 rings (SSSR count). The number of aromatic nitrogens is 20. The smallest absolute Gasteiger partial charge is 0.358 e. The average Bonchev–Trinajstić information content (AvgIpc) is 1.40. The Bertz CT molecular complexity index is 5590. The molecule has 0 spiro atoms. The number of hydrogen-bond donors (Lipinski definition) is 5. The van der Waals surface area contributed by atoms with Crippen molar-refractivity contribution >= 4 is 88.6 Å². The number of carbonyl (C=O) groups is 1. The first-order valence-corrected chi connectivity index (χ1v) is 34.2. The second kappa shape index (κ2) is 35.8. The van der Waals surface area contributed by atoms with Crippen LogP contribution in [0.25, 0.3) is 115 Å². The van der Waals surface area contributed by atoms with E-state index < -0.39 is 5.97 Å². The van der Waals surface area contributed by atoms with Gasteiger partial charge >= 0.3 is 5.97 Å². The predicted octanol–water partition coefficient (Wildman–Crippen LogP) is 13.1. The number of carboxylic acid groups (broad SMARTS) is 1. The standard InChI is InChI=1S/C22H21N9O.C19H11ClN6O.C13H9BrN4O.C12H8BrN5O.C5H4BrN3O2/c1-31(2)11-10-26-20-16(12-23)15(8-9-25-20)17-13-27-19(24)18(28-17)22-30-29-21(32-22)14-6-4-3-5-7-14;1-11-16(19-26-25-18(27-19)12-5-3-2-4-6-12)24-15(10-23-11)13-7-8-22-17(20)14(13)9-21;1-8-11(16-10(14)7-15-8)13-18-17-12(19-13)9-5-3-2-4-6-9;13-8-6-15-10(14)9(16-8)12-18-17-11(19-12)7-4-2-1-3-5-7;6-2-1-8-4(7)3(9-2)5(10)11/h3-9,13H,10-11H2,1-2H3,(H2,24,27)(H,25,26);2-8,10H,1H3;2-7H,1H3;1-6H,(H2,14,15);1H,(H2,7,8)(H,10,11). The number of anilines is 4. The van der Waals surface area contributed by atoms with Gasteiger partial charge in [0.05, 0.1) is 59.3 Å². The Morgan fingerprint density at radius 2 is 0.815 bits per heavy atom. The van der Waals surface area contributed by atoms with Gasteiger partial charge in [-0.1, -0.05) is 84.4 Å². The SMILES string of the molecule is CN(C)CCNc1nccc(-c2cnc(N)c(-c3nnc(-c4ccccc4)o3)n2)c1C#N.Cc1ncc(-c2ccnc(Cl)c2C#N)nc1-c1nnc(-c2ccccc2)o1.Cc1ncc(Br)nc1-c1nnc(-c2ccccc2)o1.Nc1ncc(Br)nc1-c1nnc(-c2ccccc2)o1.Nc1ncc(Br)nc1C(=O)O. The molecule has 11 aromatic heterocycles. The normalized spacial score (nSPS) is 10.5. The van der Waals surface area contributed by atoms with E-state index in [0.29, 0.717) is 106 Å². The van der Waals surface area contributed by atoms with Crippen molar-refractivity contribution < 1.29 is 27.6 Å². The van der Waals surface area contributed by atoms with Crippen LogP contribution in [0.5, 0.6) is 0 Å². The van der Waals surface area contributed by atoms with E-state index in [2.05, 4.69) is 160 Å². The lowest BCUT2D eigenvalue weighted by Crippen LogP contribution is -2.21. The van der Waals surface area contributed by atoms with Gasteiger partial charge < -0.3 is 50.2 Å². The summed E-state index contributed by atoms with van der Waals surface area (Å²) >= 11 is 15.5. The van der Waals surface area contributed by atoms with E-state index in [-0.39, 0.29) is 57.2 Å². The van der Waals surface area contributed by atoms with Crippen LogP contribution in [0.4, 0.5) is 23.3 Å². The van der Waals surface area contributed by atoms with Crippen molar-refractivity contribution in [1.29, 1.82) is 10.5 Å². The third-order valence-electron chi connectivity index (χ3n) is 14.5. The lowest BCUT2D eigenvalue weighted by atomic mass is 10.1. The fourth-order valence-electron chi connectivity index (χ4n) is 9.31. The second-order valence-corrected chi connectivity index (χ2v) is 24.9. The zero-order chi connectivity index (χ0) is 76.2. The minimum Gasteiger partial charge on any atom is -0.476 e. The molecule has 4 aromatic carbocycles. The number of aromatic carboxylic acids is 1. The van der Waals surface area contributed by atoms with E-state index in [1.807, 2.05) is 153 Å². The Balaban J connectivity index is 0.000000139. The molecule has 0 unspecified atom stereocenters. The van der Waals surface area contributed by atoms with Crippen LogP contribution in [0.15, 0.2) is 208 Å². The van der Waals surface area contributed by atoms with Crippen molar-refractivity contribution in [2.45, 2.75) is 13.8 Å². The number of nitrogen functional groups attached to an aromatic ring is 3. The summed E-state index contributed by atoms with van der Waals surface area (Å²) in [6.07, 6.45) is 10.7. The molecule has 0 bridgehead atoms. The number of likely N-dealkylation sites (N-methyl/N-ethyl adjacent to an activating group) is 1. The van der Waals surface area contributed by atoms with Crippen LogP contribution < -0.4 is 22.5 Å². The Labute approximate surface area is 642 Å². The highest BCUT2D eigenvalue weighted by atomic mass is 79.9. The van der Waals surface area contributed by atoms with Gasteiger partial charge in [0.1, 0.15) is 53.9 Å². The number of hydrogen-bond acceptors (Lipinski definition) is 32. The van der Waals surface area contributed by atoms with E-state index >= 15 is 0 Å². The van der Waals surface area contributed by atoms with Crippen LogP contribution in [0, 0.1) is 36.5 Å². The molecule has 0 aliphatic heterocycles. The number of nitrogens with zero attached hydrogens (tertiary/aromatic N) is 23. The predicted molar refractivity (Wildman–Crippen MR) is 406 cm³/mol. The quantitative estimate of drug-likeness (QED) is 0.0595. The highest BCUT2D eigenvalue weighted by Crippen LogP contribution is 2.34. The van der Waals surface area contributed by atoms with E-state index in [9.17, 15) is 15.3 Å². The zero-order valence-corrected chi connectivity index (χ0v) is 62.2. The largest absolute Gasteiger partial charge is 0.476 e. The van der Waals surface area contributed by atoms with Crippen LogP contribution in [0.3, 0.4) is 0 Å². The van der Waals surface area contributed by atoms with Gasteiger partial charge in [0.2, 0.25) is 23.6 Å². The van der Waals surface area contributed by atoms with Crippen LogP contribution in [-0.4, -0.2) is 144 Å². The Hall–Kier alpha value is -13.5. The fourth-order valence-corrected chi connectivity index (χ4v) is 10.3. The molecule has 0 saturated heterocycles.